The molecule has 1 aromatic heterocycles. The van der Waals surface area contributed by atoms with Gasteiger partial charge in [-0.05, 0) is 19.0 Å². The van der Waals surface area contributed by atoms with Gasteiger partial charge in [-0.15, -0.1) is 5.10 Å². The van der Waals surface area contributed by atoms with Crippen LogP contribution < -0.4 is 5.32 Å². The zero-order valence-corrected chi connectivity index (χ0v) is 11.6. The molecule has 0 radical (unpaired) electrons. The van der Waals surface area contributed by atoms with Crippen LogP contribution in [0.2, 0.25) is 0 Å². The van der Waals surface area contributed by atoms with E-state index in [9.17, 15) is 8.78 Å². The molecule has 0 saturated carbocycles. The molecule has 1 N–H and O–H groups in total. The minimum atomic E-state index is -0.829. The number of nitrogens with one attached hydrogen (secondary N) is 1. The maximum atomic E-state index is 13.9. The van der Waals surface area contributed by atoms with Crippen LogP contribution in [-0.4, -0.2) is 21.5 Å². The van der Waals surface area contributed by atoms with Gasteiger partial charge in [-0.2, -0.15) is 0 Å². The number of nitrogens with zero attached hydrogens (tertiary/aromatic N) is 3. The Morgan fingerprint density at radius 3 is 2.80 bits per heavy atom. The molecule has 108 valence electrons. The summed E-state index contributed by atoms with van der Waals surface area (Å²) in [6, 6.07) is 3.92. The van der Waals surface area contributed by atoms with Gasteiger partial charge < -0.3 is 5.32 Å². The monoisotopic (exact) mass is 280 g/mol. The number of hydrogen-bond acceptors (Lipinski definition) is 3. The van der Waals surface area contributed by atoms with Crippen molar-refractivity contribution in [1.29, 1.82) is 0 Å². The number of halogens is 2. The maximum absolute atomic E-state index is 13.9. The van der Waals surface area contributed by atoms with Gasteiger partial charge >= 0.3 is 0 Å². The van der Waals surface area contributed by atoms with Gasteiger partial charge in [-0.25, -0.2) is 8.78 Å². The summed E-state index contributed by atoms with van der Waals surface area (Å²) in [7, 11) is 1.77. The van der Waals surface area contributed by atoms with E-state index in [2.05, 4.69) is 15.6 Å². The van der Waals surface area contributed by atoms with E-state index in [-0.39, 0.29) is 6.04 Å². The number of rotatable bonds is 6. The van der Waals surface area contributed by atoms with E-state index in [1.807, 2.05) is 6.92 Å². The first kappa shape index (κ1) is 14.6. The number of hydrogen-bond donors (Lipinski definition) is 1. The number of benzene rings is 1. The summed E-state index contributed by atoms with van der Waals surface area (Å²) in [5, 5.41) is 11.1. The molecule has 1 heterocycles. The molecular formula is C14H18F2N4. The van der Waals surface area contributed by atoms with Gasteiger partial charge in [0.05, 0.1) is 5.69 Å². The Morgan fingerprint density at radius 2 is 2.15 bits per heavy atom. The first-order valence-electron chi connectivity index (χ1n) is 6.64. The van der Waals surface area contributed by atoms with E-state index in [4.69, 9.17) is 0 Å². The fourth-order valence-electron chi connectivity index (χ4n) is 2.10. The van der Waals surface area contributed by atoms with Crippen molar-refractivity contribution in [1.82, 2.24) is 20.3 Å². The Balaban J connectivity index is 2.24. The van der Waals surface area contributed by atoms with Gasteiger partial charge in [0.2, 0.25) is 0 Å². The Hall–Kier alpha value is -1.82. The predicted molar refractivity (Wildman–Crippen MR) is 72.1 cm³/mol. The SMILES string of the molecule is CCCNC(Cc1cn(C)nn1)c1cccc(F)c1F. The number of aromatic nitrogens is 3. The zero-order valence-electron chi connectivity index (χ0n) is 11.6. The van der Waals surface area contributed by atoms with Crippen molar-refractivity contribution < 1.29 is 8.78 Å². The zero-order chi connectivity index (χ0) is 14.5. The molecule has 0 bridgehead atoms. The van der Waals surface area contributed by atoms with Crippen LogP contribution in [0.25, 0.3) is 0 Å². The van der Waals surface area contributed by atoms with Gasteiger partial charge in [-0.3, -0.25) is 4.68 Å². The van der Waals surface area contributed by atoms with Crippen molar-refractivity contribution in [3.05, 3.63) is 47.3 Å². The van der Waals surface area contributed by atoms with E-state index < -0.39 is 11.6 Å². The van der Waals surface area contributed by atoms with Crippen LogP contribution in [-0.2, 0) is 13.5 Å². The van der Waals surface area contributed by atoms with Crippen molar-refractivity contribution in [2.75, 3.05) is 6.54 Å². The van der Waals surface area contributed by atoms with Gasteiger partial charge in [0.25, 0.3) is 0 Å². The van der Waals surface area contributed by atoms with Crippen LogP contribution in [0.1, 0.15) is 30.6 Å². The molecular weight excluding hydrogens is 262 g/mol. The van der Waals surface area contributed by atoms with Gasteiger partial charge in [0.1, 0.15) is 0 Å². The molecule has 0 saturated heterocycles. The number of aryl methyl sites for hydroxylation is 1. The van der Waals surface area contributed by atoms with E-state index in [1.54, 1.807) is 24.0 Å². The van der Waals surface area contributed by atoms with E-state index in [0.717, 1.165) is 24.7 Å². The third kappa shape index (κ3) is 3.39. The molecule has 6 heteroatoms. The highest BCUT2D eigenvalue weighted by Crippen LogP contribution is 2.22. The average molecular weight is 280 g/mol. The standard InChI is InChI=1S/C14H18F2N4/c1-3-7-17-13(8-10-9-20(2)19-18-10)11-5-4-6-12(15)14(11)16/h4-6,9,13,17H,3,7-8H2,1-2H3. The van der Waals surface area contributed by atoms with E-state index >= 15 is 0 Å². The molecule has 20 heavy (non-hydrogen) atoms. The largest absolute Gasteiger partial charge is 0.310 e. The minimum absolute atomic E-state index is 0.317. The second kappa shape index (κ2) is 6.56. The summed E-state index contributed by atoms with van der Waals surface area (Å²) < 4.78 is 28.9. The minimum Gasteiger partial charge on any atom is -0.310 e. The summed E-state index contributed by atoms with van der Waals surface area (Å²) >= 11 is 0. The molecule has 2 aromatic rings. The highest BCUT2D eigenvalue weighted by molar-refractivity contribution is 5.24. The van der Waals surface area contributed by atoms with Crippen LogP contribution in [0.3, 0.4) is 0 Å². The summed E-state index contributed by atoms with van der Waals surface area (Å²) in [5.41, 5.74) is 1.06. The highest BCUT2D eigenvalue weighted by atomic mass is 19.2. The molecule has 0 aliphatic rings. The maximum Gasteiger partial charge on any atom is 0.163 e. The predicted octanol–water partition coefficient (Wildman–Crippen LogP) is 2.38. The van der Waals surface area contributed by atoms with E-state index in [1.165, 1.54) is 6.07 Å². The van der Waals surface area contributed by atoms with Crippen molar-refractivity contribution >= 4 is 0 Å². The van der Waals surface area contributed by atoms with Crippen molar-refractivity contribution in [2.45, 2.75) is 25.8 Å². The Labute approximate surface area is 116 Å². The van der Waals surface area contributed by atoms with Gasteiger partial charge in [0.15, 0.2) is 11.6 Å². The Kier molecular flexibility index (Phi) is 4.79. The second-order valence-electron chi connectivity index (χ2n) is 4.74. The average Bonchev–Trinajstić information content (AvgIpc) is 2.83. The van der Waals surface area contributed by atoms with Crippen molar-refractivity contribution in [3.8, 4) is 0 Å². The molecule has 0 amide bonds. The van der Waals surface area contributed by atoms with Gasteiger partial charge in [-0.1, -0.05) is 24.3 Å². The lowest BCUT2D eigenvalue weighted by Crippen LogP contribution is -2.25. The van der Waals surface area contributed by atoms with Crippen LogP contribution in [0.15, 0.2) is 24.4 Å². The van der Waals surface area contributed by atoms with Crippen LogP contribution in [0.4, 0.5) is 8.78 Å². The highest BCUT2D eigenvalue weighted by Gasteiger charge is 2.19. The lowest BCUT2D eigenvalue weighted by atomic mass is 10.0. The first-order valence-corrected chi connectivity index (χ1v) is 6.64. The summed E-state index contributed by atoms with van der Waals surface area (Å²) in [4.78, 5) is 0. The lowest BCUT2D eigenvalue weighted by molar-refractivity contribution is 0.457. The summed E-state index contributed by atoms with van der Waals surface area (Å²) in [6.07, 6.45) is 3.15. The normalized spacial score (nSPS) is 12.6. The molecule has 0 fully saturated rings. The lowest BCUT2D eigenvalue weighted by Gasteiger charge is -2.18. The van der Waals surface area contributed by atoms with Crippen molar-refractivity contribution in [3.63, 3.8) is 0 Å². The topological polar surface area (TPSA) is 42.7 Å². The van der Waals surface area contributed by atoms with Crippen molar-refractivity contribution in [2.24, 2.45) is 7.05 Å². The van der Waals surface area contributed by atoms with Gasteiger partial charge in [0, 0.05) is 31.3 Å². The quantitative estimate of drug-likeness (QED) is 0.883. The van der Waals surface area contributed by atoms with Crippen LogP contribution >= 0.6 is 0 Å². The smallest absolute Gasteiger partial charge is 0.163 e. The van der Waals surface area contributed by atoms with Crippen LogP contribution in [0, 0.1) is 11.6 Å². The molecule has 4 nitrogen and oxygen atoms in total. The molecule has 2 rings (SSSR count). The second-order valence-corrected chi connectivity index (χ2v) is 4.74. The molecule has 1 atom stereocenters. The third-order valence-corrected chi connectivity index (χ3v) is 3.06. The summed E-state index contributed by atoms with van der Waals surface area (Å²) in [6.45, 7) is 2.75. The molecule has 0 spiro atoms. The van der Waals surface area contributed by atoms with Crippen LogP contribution in [0.5, 0.6) is 0 Å². The fourth-order valence-corrected chi connectivity index (χ4v) is 2.10. The van der Waals surface area contributed by atoms with E-state index in [0.29, 0.717) is 12.0 Å². The molecule has 1 aromatic carbocycles. The third-order valence-electron chi connectivity index (χ3n) is 3.06. The fraction of sp³-hybridized carbons (Fsp3) is 0.429. The molecule has 0 aliphatic heterocycles. The molecule has 0 aliphatic carbocycles. The Bertz CT molecular complexity index is 568. The molecule has 1 unspecified atom stereocenters. The summed E-state index contributed by atoms with van der Waals surface area (Å²) in [5.74, 6) is -1.63. The first-order chi connectivity index (χ1) is 9.61. The Morgan fingerprint density at radius 1 is 1.35 bits per heavy atom.